The van der Waals surface area contributed by atoms with Crippen molar-refractivity contribution in [2.45, 2.75) is 85.2 Å². The molecule has 3 saturated carbocycles. The average Bonchev–Trinajstić information content (AvgIpc) is 3.20. The van der Waals surface area contributed by atoms with Crippen LogP contribution in [0.25, 0.3) is 0 Å². The second kappa shape index (κ2) is 9.93. The summed E-state index contributed by atoms with van der Waals surface area (Å²) in [5.74, 6) is -0.552. The lowest BCUT2D eigenvalue weighted by atomic mass is 9.47. The van der Waals surface area contributed by atoms with Crippen LogP contribution in [0.4, 0.5) is 0 Å². The Bertz CT molecular complexity index is 1210. The van der Waals surface area contributed by atoms with E-state index in [-0.39, 0.29) is 46.7 Å². The number of methoxy groups -OCH3 is 2. The molecule has 0 heterocycles. The minimum Gasteiger partial charge on any atom is -0.466 e. The lowest BCUT2D eigenvalue weighted by Crippen LogP contribution is -2.50. The third kappa shape index (κ3) is 4.34. The van der Waals surface area contributed by atoms with Gasteiger partial charge >= 0.3 is 23.9 Å². The molecule has 0 amide bonds. The summed E-state index contributed by atoms with van der Waals surface area (Å²) < 4.78 is 21.6. The Morgan fingerprint density at radius 3 is 2.23 bits per heavy atom. The van der Waals surface area contributed by atoms with Gasteiger partial charge in [0.1, 0.15) is 11.9 Å². The molecular formula is C31H40O8. The van der Waals surface area contributed by atoms with Gasteiger partial charge in [0.25, 0.3) is 0 Å². The molecule has 0 radical (unpaired) electrons. The van der Waals surface area contributed by atoms with Crippen molar-refractivity contribution in [3.63, 3.8) is 0 Å². The van der Waals surface area contributed by atoms with Gasteiger partial charge in [-0.2, -0.15) is 0 Å². The van der Waals surface area contributed by atoms with E-state index >= 15 is 0 Å². The van der Waals surface area contributed by atoms with Gasteiger partial charge in [-0.3, -0.25) is 9.59 Å². The van der Waals surface area contributed by atoms with Crippen LogP contribution in [0.1, 0.15) is 79.1 Å². The lowest BCUT2D eigenvalue weighted by molar-refractivity contribution is -0.148. The normalized spacial score (nSPS) is 37.0. The Balaban J connectivity index is 1.55. The first-order valence-corrected chi connectivity index (χ1v) is 14.1. The van der Waals surface area contributed by atoms with Crippen LogP contribution in [0.3, 0.4) is 0 Å². The van der Waals surface area contributed by atoms with Gasteiger partial charge in [0.05, 0.1) is 25.4 Å². The fourth-order valence-electron chi connectivity index (χ4n) is 9.10. The zero-order valence-corrected chi connectivity index (χ0v) is 23.9. The molecule has 5 rings (SSSR count). The number of hydrogen-bond acceptors (Lipinski definition) is 8. The van der Waals surface area contributed by atoms with Crippen molar-refractivity contribution < 1.29 is 38.1 Å². The molecular weight excluding hydrogens is 500 g/mol. The predicted octanol–water partition coefficient (Wildman–Crippen LogP) is 4.97. The molecule has 8 nitrogen and oxygen atoms in total. The summed E-state index contributed by atoms with van der Waals surface area (Å²) in [5.41, 5.74) is 2.72. The van der Waals surface area contributed by atoms with Crippen molar-refractivity contribution in [1.29, 1.82) is 0 Å². The first-order valence-electron chi connectivity index (χ1n) is 14.1. The topological polar surface area (TPSA) is 105 Å². The van der Waals surface area contributed by atoms with E-state index in [1.54, 1.807) is 0 Å². The second-order valence-corrected chi connectivity index (χ2v) is 12.5. The molecule has 7 atom stereocenters. The van der Waals surface area contributed by atoms with Crippen LogP contribution in [-0.4, -0.2) is 44.2 Å². The number of fused-ring (bicyclic) bond motifs is 7. The van der Waals surface area contributed by atoms with Crippen molar-refractivity contribution in [3.05, 3.63) is 34.1 Å². The maximum atomic E-state index is 13.1. The smallest absolute Gasteiger partial charge is 0.334 e. The largest absolute Gasteiger partial charge is 0.466 e. The number of allylic oxidation sites excluding steroid dienone is 3. The number of carbonyl (C=O) groups is 4. The number of hydrogen-bond donors (Lipinski definition) is 0. The molecule has 3 fully saturated rings. The predicted molar refractivity (Wildman–Crippen MR) is 141 cm³/mol. The first kappa shape index (κ1) is 27.7. The highest BCUT2D eigenvalue weighted by Gasteiger charge is 2.62. The Morgan fingerprint density at radius 2 is 1.59 bits per heavy atom. The van der Waals surface area contributed by atoms with Crippen LogP contribution in [0.15, 0.2) is 34.1 Å². The molecule has 0 aromatic heterocycles. The van der Waals surface area contributed by atoms with Gasteiger partial charge in [-0.1, -0.05) is 25.5 Å². The van der Waals surface area contributed by atoms with E-state index in [0.29, 0.717) is 29.6 Å². The summed E-state index contributed by atoms with van der Waals surface area (Å²) in [5, 5.41) is 0. The molecule has 5 aliphatic rings. The fourth-order valence-corrected chi connectivity index (χ4v) is 9.10. The lowest BCUT2D eigenvalue weighted by Gasteiger charge is -2.57. The summed E-state index contributed by atoms with van der Waals surface area (Å²) in [6, 6.07) is 0. The highest BCUT2D eigenvalue weighted by molar-refractivity contribution is 6.02. The monoisotopic (exact) mass is 540 g/mol. The quantitative estimate of drug-likeness (QED) is 0.280. The standard InChI is InChI=1S/C31H40O8/c1-16(32)38-19-9-11-30(3)18(13-19)7-8-20-23(30)10-12-31(4)24(20)14-21-26(29(35)37-6)22(28(34)36-5)15-25(27(21)31)39-17(2)33/h7,19-21,23-24H,8-15H2,1-6H3/t19?,20?,21?,23?,24?,30-,31-/m1/s1. The second-order valence-electron chi connectivity index (χ2n) is 12.5. The molecule has 8 heteroatoms. The van der Waals surface area contributed by atoms with E-state index < -0.39 is 17.9 Å². The fraction of sp³-hybridized carbons (Fsp3) is 0.677. The molecule has 0 aromatic carbocycles. The highest BCUT2D eigenvalue weighted by Crippen LogP contribution is 2.69. The Morgan fingerprint density at radius 1 is 0.897 bits per heavy atom. The van der Waals surface area contributed by atoms with Gasteiger partial charge < -0.3 is 18.9 Å². The summed E-state index contributed by atoms with van der Waals surface area (Å²) in [6.45, 7) is 7.47. The van der Waals surface area contributed by atoms with Gasteiger partial charge in [0.2, 0.25) is 0 Å². The van der Waals surface area contributed by atoms with Gasteiger partial charge in [-0.15, -0.1) is 0 Å². The van der Waals surface area contributed by atoms with Crippen LogP contribution < -0.4 is 0 Å². The molecule has 0 aliphatic heterocycles. The Labute approximate surface area is 230 Å². The van der Waals surface area contributed by atoms with E-state index in [2.05, 4.69) is 19.9 Å². The molecule has 0 spiro atoms. The molecule has 0 saturated heterocycles. The van der Waals surface area contributed by atoms with Gasteiger partial charge in [-0.25, -0.2) is 9.59 Å². The summed E-state index contributed by atoms with van der Waals surface area (Å²) in [7, 11) is 2.62. The van der Waals surface area contributed by atoms with Crippen molar-refractivity contribution in [1.82, 2.24) is 0 Å². The van der Waals surface area contributed by atoms with Crippen molar-refractivity contribution in [3.8, 4) is 0 Å². The third-order valence-electron chi connectivity index (χ3n) is 10.6. The number of rotatable bonds is 4. The number of carbonyl (C=O) groups excluding carboxylic acids is 4. The van der Waals surface area contributed by atoms with E-state index in [9.17, 15) is 19.2 Å². The van der Waals surface area contributed by atoms with Crippen LogP contribution in [0, 0.1) is 34.5 Å². The minimum absolute atomic E-state index is 0.0399. The maximum Gasteiger partial charge on any atom is 0.334 e. The molecule has 0 aromatic rings. The first-order chi connectivity index (χ1) is 18.4. The SMILES string of the molecule is COC(=O)C1=C(C(=O)OC)C2CC3C4CC=C5CC(OC(C)=O)CC[C@@]5(C)C4CC[C@@]3(C)C2=C(OC(C)=O)C1. The highest BCUT2D eigenvalue weighted by atomic mass is 16.5. The molecule has 5 aliphatic carbocycles. The summed E-state index contributed by atoms with van der Waals surface area (Å²) in [6.07, 6.45) is 8.55. The third-order valence-corrected chi connectivity index (χ3v) is 10.6. The van der Waals surface area contributed by atoms with Gasteiger partial charge in [0.15, 0.2) is 0 Å². The van der Waals surface area contributed by atoms with E-state index in [1.807, 2.05) is 0 Å². The molecule has 0 N–H and O–H groups in total. The maximum absolute atomic E-state index is 13.1. The van der Waals surface area contributed by atoms with Crippen LogP contribution >= 0.6 is 0 Å². The zero-order valence-electron chi connectivity index (χ0n) is 23.9. The molecule has 5 unspecified atom stereocenters. The molecule has 39 heavy (non-hydrogen) atoms. The Kier molecular flexibility index (Phi) is 7.04. The van der Waals surface area contributed by atoms with E-state index in [1.165, 1.54) is 33.6 Å². The minimum atomic E-state index is -0.598. The average molecular weight is 541 g/mol. The summed E-state index contributed by atoms with van der Waals surface area (Å²) in [4.78, 5) is 49.8. The van der Waals surface area contributed by atoms with Crippen molar-refractivity contribution >= 4 is 23.9 Å². The summed E-state index contributed by atoms with van der Waals surface area (Å²) >= 11 is 0. The van der Waals surface area contributed by atoms with E-state index in [0.717, 1.165) is 44.1 Å². The van der Waals surface area contributed by atoms with Crippen LogP contribution in [0.2, 0.25) is 0 Å². The van der Waals surface area contributed by atoms with Gasteiger partial charge in [-0.05, 0) is 72.7 Å². The van der Waals surface area contributed by atoms with Crippen molar-refractivity contribution in [2.75, 3.05) is 14.2 Å². The molecule has 0 bridgehead atoms. The molecule has 212 valence electrons. The number of ether oxygens (including phenoxy) is 4. The van der Waals surface area contributed by atoms with Gasteiger partial charge in [0, 0.05) is 32.6 Å². The van der Waals surface area contributed by atoms with Crippen LogP contribution in [-0.2, 0) is 38.1 Å². The van der Waals surface area contributed by atoms with Crippen LogP contribution in [0.5, 0.6) is 0 Å². The number of esters is 4. The van der Waals surface area contributed by atoms with Crippen molar-refractivity contribution in [2.24, 2.45) is 34.5 Å². The van der Waals surface area contributed by atoms with E-state index in [4.69, 9.17) is 18.9 Å². The Hall–Kier alpha value is -2.90. The zero-order chi connectivity index (χ0) is 28.3.